The van der Waals surface area contributed by atoms with E-state index in [4.69, 9.17) is 9.47 Å². The van der Waals surface area contributed by atoms with Crippen molar-refractivity contribution in [2.75, 3.05) is 19.6 Å². The average Bonchev–Trinajstić information content (AvgIpc) is 2.85. The molecule has 2 heterocycles. The monoisotopic (exact) mass is 527 g/mol. The number of aromatic amines is 1. The maximum absolute atomic E-state index is 13.3. The van der Waals surface area contributed by atoms with Crippen molar-refractivity contribution in [3.8, 4) is 5.75 Å². The van der Waals surface area contributed by atoms with E-state index in [-0.39, 0.29) is 0 Å². The lowest BCUT2D eigenvalue weighted by atomic mass is 9.56. The van der Waals surface area contributed by atoms with E-state index in [1.807, 2.05) is 12.1 Å². The molecule has 0 radical (unpaired) electrons. The predicted molar refractivity (Wildman–Crippen MR) is 141 cm³/mol. The van der Waals surface area contributed by atoms with Gasteiger partial charge in [-0.15, -0.1) is 0 Å². The van der Waals surface area contributed by atoms with Gasteiger partial charge in [-0.25, -0.2) is 9.59 Å². The number of hydrogen-bond donors (Lipinski definition) is 1. The fraction of sp³-hybridized carbons (Fsp3) is 0.621. The van der Waals surface area contributed by atoms with Crippen LogP contribution in [0.4, 0.5) is 9.18 Å². The second kappa shape index (κ2) is 11.0. The summed E-state index contributed by atoms with van der Waals surface area (Å²) in [6.07, 6.45) is 8.92. The van der Waals surface area contributed by atoms with Gasteiger partial charge in [0.25, 0.3) is 5.56 Å². The number of hydrogen-bond acceptors (Lipinski definition) is 6. The molecule has 1 saturated heterocycles. The molecule has 1 aromatic heterocycles. The quantitative estimate of drug-likeness (QED) is 0.425. The van der Waals surface area contributed by atoms with E-state index in [1.54, 1.807) is 17.1 Å². The highest BCUT2D eigenvalue weighted by molar-refractivity contribution is 5.63. The lowest BCUT2D eigenvalue weighted by molar-refractivity contribution is -0.0143. The maximum Gasteiger partial charge on any atom is 0.515 e. The summed E-state index contributed by atoms with van der Waals surface area (Å²) in [5.41, 5.74) is -0.267. The molecule has 2 bridgehead atoms. The first-order chi connectivity index (χ1) is 18.2. The van der Waals surface area contributed by atoms with E-state index in [9.17, 15) is 18.8 Å². The Bertz CT molecular complexity index is 1230. The minimum Gasteiger partial charge on any atom is -0.412 e. The van der Waals surface area contributed by atoms with Gasteiger partial charge in [-0.1, -0.05) is 26.0 Å². The average molecular weight is 528 g/mol. The Kier molecular flexibility index (Phi) is 7.75. The highest BCUT2D eigenvalue weighted by Crippen LogP contribution is 2.53. The summed E-state index contributed by atoms with van der Waals surface area (Å²) in [6.45, 7) is 7.81. The SMILES string of the molecule is CC1CC2CC(C)CC(CN3CCC(c4ccc(OC(=O)OCn5cc(F)c(=O)[nH]c5=O)cc4)CC3)(C1)C2. The molecule has 9 heteroatoms. The Hall–Kier alpha value is -2.94. The van der Waals surface area contributed by atoms with Crippen molar-refractivity contribution >= 4 is 6.16 Å². The molecule has 1 N–H and O–H groups in total. The number of H-pyrrole nitrogens is 1. The number of benzene rings is 1. The van der Waals surface area contributed by atoms with Gasteiger partial charge in [0, 0.05) is 6.54 Å². The Balaban J connectivity index is 1.10. The van der Waals surface area contributed by atoms with Crippen LogP contribution in [-0.4, -0.2) is 40.2 Å². The molecule has 2 saturated carbocycles. The van der Waals surface area contributed by atoms with Gasteiger partial charge in [-0.3, -0.25) is 14.3 Å². The zero-order valence-corrected chi connectivity index (χ0v) is 22.3. The fourth-order valence-electron chi connectivity index (χ4n) is 7.64. The molecule has 2 atom stereocenters. The van der Waals surface area contributed by atoms with Crippen molar-refractivity contribution in [3.63, 3.8) is 0 Å². The highest BCUT2D eigenvalue weighted by Gasteiger charge is 2.45. The Morgan fingerprint density at radius 3 is 2.37 bits per heavy atom. The van der Waals surface area contributed by atoms with Crippen molar-refractivity contribution in [2.45, 2.75) is 71.4 Å². The largest absolute Gasteiger partial charge is 0.515 e. The molecular weight excluding hydrogens is 489 g/mol. The first kappa shape index (κ1) is 26.7. The first-order valence-electron chi connectivity index (χ1n) is 13.8. The van der Waals surface area contributed by atoms with E-state index < -0.39 is 30.0 Å². The number of piperidine rings is 1. The smallest absolute Gasteiger partial charge is 0.412 e. The summed E-state index contributed by atoms with van der Waals surface area (Å²) in [6, 6.07) is 7.45. The van der Waals surface area contributed by atoms with Gasteiger partial charge in [-0.2, -0.15) is 4.39 Å². The minimum atomic E-state index is -1.15. The summed E-state index contributed by atoms with van der Waals surface area (Å²) >= 11 is 0. The summed E-state index contributed by atoms with van der Waals surface area (Å²) in [5.74, 6) is 2.28. The Morgan fingerprint density at radius 2 is 1.71 bits per heavy atom. The van der Waals surface area contributed by atoms with Gasteiger partial charge in [0.05, 0.1) is 6.20 Å². The molecule has 2 unspecified atom stereocenters. The molecule has 3 aliphatic rings. The van der Waals surface area contributed by atoms with Crippen LogP contribution in [0.15, 0.2) is 40.1 Å². The predicted octanol–water partition coefficient (Wildman–Crippen LogP) is 4.88. The number of carbonyl (C=O) groups is 1. The standard InChI is InChI=1S/C29H38FN3O5/c1-19-11-21-12-20(2)14-29(13-19,15-21)17-32-9-7-23(8-10-32)22-3-5-24(6-4-22)38-28(36)37-18-33-16-25(30)26(34)31-27(33)35/h3-6,16,19-21,23H,7-15,17-18H2,1-2H3,(H,31,34,35). The van der Waals surface area contributed by atoms with E-state index in [2.05, 4.69) is 18.7 Å². The number of ether oxygens (including phenoxy) is 2. The van der Waals surface area contributed by atoms with Gasteiger partial charge < -0.3 is 14.4 Å². The van der Waals surface area contributed by atoms with Crippen LogP contribution in [0.1, 0.15) is 70.3 Å². The molecule has 0 spiro atoms. The summed E-state index contributed by atoms with van der Waals surface area (Å²) in [4.78, 5) is 39.3. The Morgan fingerprint density at radius 1 is 1.05 bits per heavy atom. The second-order valence-corrected chi connectivity index (χ2v) is 12.1. The van der Waals surface area contributed by atoms with Crippen molar-refractivity contribution in [1.29, 1.82) is 0 Å². The molecule has 38 heavy (non-hydrogen) atoms. The second-order valence-electron chi connectivity index (χ2n) is 12.1. The van der Waals surface area contributed by atoms with E-state index in [0.29, 0.717) is 23.3 Å². The minimum absolute atomic E-state index is 0.322. The van der Waals surface area contributed by atoms with Crippen LogP contribution in [0.3, 0.4) is 0 Å². The molecule has 8 nitrogen and oxygen atoms in total. The third-order valence-electron chi connectivity index (χ3n) is 8.74. The molecule has 3 fully saturated rings. The number of rotatable bonds is 6. The maximum atomic E-state index is 13.3. The molecule has 0 amide bonds. The lowest BCUT2D eigenvalue weighted by Gasteiger charge is -2.52. The van der Waals surface area contributed by atoms with Crippen molar-refractivity contribution < 1.29 is 18.7 Å². The molecule has 2 aliphatic carbocycles. The number of nitrogens with zero attached hydrogens (tertiary/aromatic N) is 2. The van der Waals surface area contributed by atoms with Crippen LogP contribution >= 0.6 is 0 Å². The van der Waals surface area contributed by atoms with Crippen LogP contribution in [0.2, 0.25) is 0 Å². The third-order valence-corrected chi connectivity index (χ3v) is 8.74. The van der Waals surface area contributed by atoms with E-state index in [0.717, 1.165) is 48.3 Å². The topological polar surface area (TPSA) is 93.6 Å². The number of likely N-dealkylation sites (tertiary alicyclic amines) is 1. The molecular formula is C29H38FN3O5. The number of aromatic nitrogens is 2. The van der Waals surface area contributed by atoms with Gasteiger partial charge in [-0.05, 0) is 105 Å². The van der Waals surface area contributed by atoms with Gasteiger partial charge in [0.2, 0.25) is 5.82 Å². The van der Waals surface area contributed by atoms with Gasteiger partial charge in [0.15, 0.2) is 6.73 Å². The Labute approximate surface area is 222 Å². The molecule has 1 aliphatic heterocycles. The van der Waals surface area contributed by atoms with Crippen LogP contribution in [0, 0.1) is 29.0 Å². The van der Waals surface area contributed by atoms with E-state index >= 15 is 0 Å². The van der Waals surface area contributed by atoms with E-state index in [1.165, 1.54) is 44.2 Å². The third kappa shape index (κ3) is 6.20. The molecule has 2 aromatic rings. The molecule has 206 valence electrons. The van der Waals surface area contributed by atoms with Crippen molar-refractivity contribution in [1.82, 2.24) is 14.5 Å². The summed E-state index contributed by atoms with van der Waals surface area (Å²) in [7, 11) is 0. The molecule has 5 rings (SSSR count). The van der Waals surface area contributed by atoms with Crippen LogP contribution in [-0.2, 0) is 11.5 Å². The van der Waals surface area contributed by atoms with Crippen LogP contribution in [0.5, 0.6) is 5.75 Å². The summed E-state index contributed by atoms with van der Waals surface area (Å²) < 4.78 is 24.1. The number of fused-ring (bicyclic) bond motifs is 2. The number of halogens is 1. The fourth-order valence-corrected chi connectivity index (χ4v) is 7.64. The van der Waals surface area contributed by atoms with Crippen LogP contribution in [0.25, 0.3) is 0 Å². The van der Waals surface area contributed by atoms with Gasteiger partial charge >= 0.3 is 11.8 Å². The van der Waals surface area contributed by atoms with Crippen molar-refractivity contribution in [3.05, 3.63) is 62.7 Å². The zero-order valence-electron chi connectivity index (χ0n) is 22.3. The normalized spacial score (nSPS) is 28.1. The number of nitrogens with one attached hydrogen (secondary N) is 1. The first-order valence-corrected chi connectivity index (χ1v) is 13.8. The lowest BCUT2D eigenvalue weighted by Crippen LogP contribution is -2.48. The van der Waals surface area contributed by atoms with Crippen LogP contribution < -0.4 is 16.0 Å². The molecule has 1 aromatic carbocycles. The summed E-state index contributed by atoms with van der Waals surface area (Å²) in [5, 5.41) is 0. The van der Waals surface area contributed by atoms with Crippen molar-refractivity contribution in [2.24, 2.45) is 23.2 Å². The highest BCUT2D eigenvalue weighted by atomic mass is 19.1. The van der Waals surface area contributed by atoms with Gasteiger partial charge in [0.1, 0.15) is 5.75 Å². The number of carbonyl (C=O) groups excluding carboxylic acids is 1. The zero-order chi connectivity index (χ0) is 26.9.